The minimum atomic E-state index is 0.404. The molecule has 0 N–H and O–H groups in total. The highest BCUT2D eigenvalue weighted by atomic mass is 32.2. The number of hydrogen-bond acceptors (Lipinski definition) is 1. The second kappa shape index (κ2) is 8.11. The van der Waals surface area contributed by atoms with Crippen LogP contribution in [0.2, 0.25) is 0 Å². The van der Waals surface area contributed by atoms with Crippen molar-refractivity contribution >= 4 is 11.8 Å². The van der Waals surface area contributed by atoms with Crippen molar-refractivity contribution in [1.82, 2.24) is 0 Å². The summed E-state index contributed by atoms with van der Waals surface area (Å²) in [5, 5.41) is 0. The zero-order valence-electron chi connectivity index (χ0n) is 10.9. The maximum absolute atomic E-state index is 5.50. The molecule has 0 aliphatic heterocycles. The van der Waals surface area contributed by atoms with Crippen LogP contribution in [0.1, 0.15) is 40.5 Å². The normalized spacial score (nSPS) is 18.9. The van der Waals surface area contributed by atoms with Gasteiger partial charge < -0.3 is 0 Å². The Labute approximate surface area is 101 Å². The molecule has 88 valence electrons. The first kappa shape index (κ1) is 14.9. The monoisotopic (exact) mass is 226 g/mol. The summed E-state index contributed by atoms with van der Waals surface area (Å²) < 4.78 is 0. The first-order chi connectivity index (χ1) is 7.08. The van der Waals surface area contributed by atoms with Gasteiger partial charge in [-0.05, 0) is 36.2 Å². The summed E-state index contributed by atoms with van der Waals surface area (Å²) >= 11 is 1.96. The molecule has 0 rings (SSSR count). The Morgan fingerprint density at radius 2 is 1.80 bits per heavy atom. The fourth-order valence-corrected chi connectivity index (χ4v) is 3.02. The second-order valence-electron chi connectivity index (χ2n) is 4.68. The fraction of sp³-hybridized carbons (Fsp3) is 0.857. The topological polar surface area (TPSA) is 0 Å². The molecule has 0 bridgehead atoms. The largest absolute Gasteiger partial charge is 0.165 e. The van der Waals surface area contributed by atoms with Crippen molar-refractivity contribution in [2.24, 2.45) is 23.7 Å². The minimum absolute atomic E-state index is 0.404. The summed E-state index contributed by atoms with van der Waals surface area (Å²) in [6.07, 6.45) is 10.3. The molecule has 0 nitrogen and oxygen atoms in total. The zero-order chi connectivity index (χ0) is 11.8. The molecule has 0 spiro atoms. The van der Waals surface area contributed by atoms with Crippen molar-refractivity contribution in [3.63, 3.8) is 0 Å². The van der Waals surface area contributed by atoms with Gasteiger partial charge in [0.2, 0.25) is 0 Å². The summed E-state index contributed by atoms with van der Waals surface area (Å²) in [6.45, 7) is 9.12. The van der Waals surface area contributed by atoms with Crippen molar-refractivity contribution in [2.75, 3.05) is 12.0 Å². The molecular formula is C14H26S. The van der Waals surface area contributed by atoms with E-state index < -0.39 is 0 Å². The predicted molar refractivity (Wildman–Crippen MR) is 73.1 cm³/mol. The molecular weight excluding hydrogens is 200 g/mol. The number of thioether (sulfide) groups is 1. The van der Waals surface area contributed by atoms with E-state index in [1.165, 1.54) is 18.6 Å². The maximum atomic E-state index is 5.50. The van der Waals surface area contributed by atoms with Crippen molar-refractivity contribution in [3.05, 3.63) is 0 Å². The summed E-state index contributed by atoms with van der Waals surface area (Å²) in [7, 11) is 0. The van der Waals surface area contributed by atoms with Crippen LogP contribution in [0.5, 0.6) is 0 Å². The van der Waals surface area contributed by atoms with Crippen molar-refractivity contribution < 1.29 is 0 Å². The van der Waals surface area contributed by atoms with E-state index in [4.69, 9.17) is 6.42 Å². The lowest BCUT2D eigenvalue weighted by atomic mass is 9.77. The van der Waals surface area contributed by atoms with Crippen molar-refractivity contribution in [1.29, 1.82) is 0 Å². The minimum Gasteiger partial charge on any atom is -0.165 e. The van der Waals surface area contributed by atoms with E-state index in [9.17, 15) is 0 Å². The average Bonchev–Trinajstić information content (AvgIpc) is 2.25. The third kappa shape index (κ3) is 4.98. The molecule has 0 saturated carbocycles. The van der Waals surface area contributed by atoms with Crippen LogP contribution < -0.4 is 0 Å². The summed E-state index contributed by atoms with van der Waals surface area (Å²) in [5.41, 5.74) is 0. The lowest BCUT2D eigenvalue weighted by Crippen LogP contribution is -2.24. The smallest absolute Gasteiger partial charge is 0.0200 e. The van der Waals surface area contributed by atoms with Crippen LogP contribution in [-0.2, 0) is 0 Å². The van der Waals surface area contributed by atoms with E-state index >= 15 is 0 Å². The fourth-order valence-electron chi connectivity index (χ4n) is 2.12. The molecule has 0 fully saturated rings. The summed E-state index contributed by atoms with van der Waals surface area (Å²) in [5.74, 6) is 6.76. The van der Waals surface area contributed by atoms with Gasteiger partial charge in [-0.25, -0.2) is 0 Å². The van der Waals surface area contributed by atoms with Crippen LogP contribution in [0.25, 0.3) is 0 Å². The third-order valence-corrected chi connectivity index (χ3v) is 4.43. The summed E-state index contributed by atoms with van der Waals surface area (Å²) in [4.78, 5) is 0. The molecule has 15 heavy (non-hydrogen) atoms. The van der Waals surface area contributed by atoms with E-state index in [0.29, 0.717) is 11.8 Å². The standard InChI is InChI=1S/C14H26S/c1-7-9-14(10-15-6)13(5)12(4)11(3)8-2/h2,11-14H,7,9-10H2,1,3-6H3. The van der Waals surface area contributed by atoms with Gasteiger partial charge in [-0.2, -0.15) is 11.8 Å². The molecule has 1 heteroatoms. The Bertz CT molecular complexity index is 186. The van der Waals surface area contributed by atoms with Gasteiger partial charge in [0, 0.05) is 5.92 Å². The van der Waals surface area contributed by atoms with Gasteiger partial charge in [-0.1, -0.05) is 34.1 Å². The van der Waals surface area contributed by atoms with E-state index in [1.54, 1.807) is 0 Å². The highest BCUT2D eigenvalue weighted by Gasteiger charge is 2.24. The first-order valence-electron chi connectivity index (χ1n) is 6.03. The third-order valence-electron chi connectivity index (χ3n) is 3.66. The Kier molecular flexibility index (Phi) is 8.06. The van der Waals surface area contributed by atoms with Gasteiger partial charge in [0.05, 0.1) is 0 Å². The Hall–Kier alpha value is -0.0900. The quantitative estimate of drug-likeness (QED) is 0.583. The Balaban J connectivity index is 4.34. The molecule has 0 aliphatic rings. The van der Waals surface area contributed by atoms with Crippen LogP contribution >= 0.6 is 11.8 Å². The lowest BCUT2D eigenvalue weighted by Gasteiger charge is -2.30. The van der Waals surface area contributed by atoms with Crippen LogP contribution in [0.3, 0.4) is 0 Å². The van der Waals surface area contributed by atoms with Gasteiger partial charge >= 0.3 is 0 Å². The molecule has 0 aromatic carbocycles. The van der Waals surface area contributed by atoms with Gasteiger partial charge in [-0.15, -0.1) is 12.3 Å². The molecule has 0 heterocycles. The highest BCUT2D eigenvalue weighted by molar-refractivity contribution is 7.98. The second-order valence-corrected chi connectivity index (χ2v) is 5.59. The maximum Gasteiger partial charge on any atom is 0.0200 e. The number of terminal acetylenes is 1. The van der Waals surface area contributed by atoms with Crippen molar-refractivity contribution in [3.8, 4) is 12.3 Å². The van der Waals surface area contributed by atoms with Gasteiger partial charge in [0.15, 0.2) is 0 Å². The molecule has 0 aliphatic carbocycles. The summed E-state index contributed by atoms with van der Waals surface area (Å²) in [6, 6.07) is 0. The average molecular weight is 226 g/mol. The predicted octanol–water partition coefficient (Wildman–Crippen LogP) is 4.31. The van der Waals surface area contributed by atoms with Crippen molar-refractivity contribution in [2.45, 2.75) is 40.5 Å². The SMILES string of the molecule is C#CC(C)C(C)C(C)C(CCC)CSC. The van der Waals surface area contributed by atoms with Crippen LogP contribution in [-0.4, -0.2) is 12.0 Å². The Morgan fingerprint density at radius 3 is 2.20 bits per heavy atom. The van der Waals surface area contributed by atoms with E-state index in [1.807, 2.05) is 11.8 Å². The molecule has 0 aromatic rings. The molecule has 0 amide bonds. The molecule has 4 atom stereocenters. The lowest BCUT2D eigenvalue weighted by molar-refractivity contribution is 0.235. The molecule has 0 radical (unpaired) electrons. The van der Waals surface area contributed by atoms with Gasteiger partial charge in [0.1, 0.15) is 0 Å². The molecule has 0 saturated heterocycles. The number of hydrogen-bond donors (Lipinski definition) is 0. The van der Waals surface area contributed by atoms with Crippen LogP contribution in [0.4, 0.5) is 0 Å². The molecule has 0 aromatic heterocycles. The van der Waals surface area contributed by atoms with E-state index in [-0.39, 0.29) is 0 Å². The van der Waals surface area contributed by atoms with Gasteiger partial charge in [0.25, 0.3) is 0 Å². The zero-order valence-corrected chi connectivity index (χ0v) is 11.7. The van der Waals surface area contributed by atoms with Gasteiger partial charge in [-0.3, -0.25) is 0 Å². The Morgan fingerprint density at radius 1 is 1.20 bits per heavy atom. The highest BCUT2D eigenvalue weighted by Crippen LogP contribution is 2.31. The van der Waals surface area contributed by atoms with Crippen LogP contribution in [0, 0.1) is 36.0 Å². The number of rotatable bonds is 7. The van der Waals surface area contributed by atoms with E-state index in [2.05, 4.69) is 39.9 Å². The first-order valence-corrected chi connectivity index (χ1v) is 7.42. The van der Waals surface area contributed by atoms with Crippen LogP contribution in [0.15, 0.2) is 0 Å². The van der Waals surface area contributed by atoms with E-state index in [0.717, 1.165) is 11.8 Å². The molecule has 4 unspecified atom stereocenters.